The van der Waals surface area contributed by atoms with Crippen LogP contribution in [-0.2, 0) is 17.8 Å². The number of aromatic nitrogens is 3. The molecule has 7 heteroatoms. The second-order valence-electron chi connectivity index (χ2n) is 10.1. The molecule has 0 radical (unpaired) electrons. The average molecular weight is 426 g/mol. The number of fused-ring (bicyclic) bond motifs is 2. The maximum atomic E-state index is 13.2. The summed E-state index contributed by atoms with van der Waals surface area (Å²) in [6, 6.07) is 2.41. The normalized spacial score (nSPS) is 23.1. The number of amides is 1. The highest BCUT2D eigenvalue weighted by atomic mass is 16.2. The van der Waals surface area contributed by atoms with Gasteiger partial charge in [-0.25, -0.2) is 9.50 Å². The first kappa shape index (κ1) is 20.7. The van der Waals surface area contributed by atoms with Crippen molar-refractivity contribution in [3.05, 3.63) is 33.4 Å². The molecule has 1 amide bonds. The van der Waals surface area contributed by atoms with Crippen LogP contribution in [0.15, 0.2) is 10.9 Å². The van der Waals surface area contributed by atoms with Crippen molar-refractivity contribution in [3.63, 3.8) is 0 Å². The van der Waals surface area contributed by atoms with Gasteiger partial charge in [0.2, 0.25) is 5.91 Å². The van der Waals surface area contributed by atoms with Crippen LogP contribution in [0, 0.1) is 11.8 Å². The van der Waals surface area contributed by atoms with E-state index < -0.39 is 0 Å². The Hall–Kier alpha value is -2.15. The average Bonchev–Trinajstić information content (AvgIpc) is 3.40. The van der Waals surface area contributed by atoms with E-state index in [-0.39, 0.29) is 17.4 Å². The number of nitrogens with zero attached hydrogens (tertiary/aromatic N) is 4. The highest BCUT2D eigenvalue weighted by Gasteiger charge is 2.31. The van der Waals surface area contributed by atoms with Crippen molar-refractivity contribution in [2.24, 2.45) is 11.8 Å². The quantitative estimate of drug-likeness (QED) is 0.816. The third kappa shape index (κ3) is 3.93. The van der Waals surface area contributed by atoms with E-state index in [1.165, 1.54) is 45.1 Å². The molecule has 2 aromatic rings. The van der Waals surface area contributed by atoms with E-state index >= 15 is 0 Å². The van der Waals surface area contributed by atoms with Gasteiger partial charge in [-0.3, -0.25) is 19.6 Å². The Balaban J connectivity index is 1.41. The summed E-state index contributed by atoms with van der Waals surface area (Å²) in [7, 11) is 0. The van der Waals surface area contributed by atoms with E-state index in [4.69, 9.17) is 4.98 Å². The van der Waals surface area contributed by atoms with Gasteiger partial charge in [-0.15, -0.1) is 0 Å². The minimum atomic E-state index is -0.0391. The topological polar surface area (TPSA) is 73.7 Å². The minimum absolute atomic E-state index is 0.000256. The summed E-state index contributed by atoms with van der Waals surface area (Å²) < 4.78 is 1.63. The number of hydrogen-bond acceptors (Lipinski definition) is 4. The molecule has 4 heterocycles. The van der Waals surface area contributed by atoms with Crippen molar-refractivity contribution in [1.29, 1.82) is 0 Å². The summed E-state index contributed by atoms with van der Waals surface area (Å²) in [5, 5.41) is 3.39. The molecule has 0 spiro atoms. The fourth-order valence-electron chi connectivity index (χ4n) is 5.83. The Labute approximate surface area is 183 Å². The molecular weight excluding hydrogens is 390 g/mol. The lowest BCUT2D eigenvalue weighted by atomic mass is 9.89. The molecule has 2 aromatic heterocycles. The SMILES string of the molecule is CC(C)C(=O)N1CCc2c(nc3cc([C@H]4CCCN4CC4CCCCC4)[nH]n3c2=O)C1. The van der Waals surface area contributed by atoms with Gasteiger partial charge in [0.25, 0.3) is 5.56 Å². The Morgan fingerprint density at radius 2 is 1.97 bits per heavy atom. The van der Waals surface area contributed by atoms with Crippen molar-refractivity contribution in [3.8, 4) is 0 Å². The van der Waals surface area contributed by atoms with Gasteiger partial charge in [0, 0.05) is 30.6 Å². The van der Waals surface area contributed by atoms with E-state index in [0.29, 0.717) is 31.2 Å². The Morgan fingerprint density at radius 1 is 1.16 bits per heavy atom. The summed E-state index contributed by atoms with van der Waals surface area (Å²) in [5.41, 5.74) is 3.31. The number of likely N-dealkylation sites (tertiary alicyclic amines) is 1. The van der Waals surface area contributed by atoms with E-state index in [1.54, 1.807) is 4.52 Å². The van der Waals surface area contributed by atoms with E-state index in [0.717, 1.165) is 35.8 Å². The number of aromatic amines is 1. The zero-order chi connectivity index (χ0) is 21.5. The molecule has 5 rings (SSSR count). The fraction of sp³-hybridized carbons (Fsp3) is 0.708. The van der Waals surface area contributed by atoms with Crippen molar-refractivity contribution < 1.29 is 4.79 Å². The predicted molar refractivity (Wildman–Crippen MR) is 120 cm³/mol. The molecule has 7 nitrogen and oxygen atoms in total. The zero-order valence-electron chi connectivity index (χ0n) is 18.9. The molecule has 1 saturated heterocycles. The van der Waals surface area contributed by atoms with Crippen molar-refractivity contribution >= 4 is 11.6 Å². The second kappa shape index (κ2) is 8.41. The van der Waals surface area contributed by atoms with Crippen molar-refractivity contribution in [1.82, 2.24) is 24.4 Å². The van der Waals surface area contributed by atoms with Crippen molar-refractivity contribution in [2.75, 3.05) is 19.6 Å². The minimum Gasteiger partial charge on any atom is -0.336 e. The lowest BCUT2D eigenvalue weighted by molar-refractivity contribution is -0.135. The molecule has 168 valence electrons. The standard InChI is InChI=1S/C24H35N5O2/c1-16(2)23(30)28-12-10-18-20(15-28)25-22-13-19(26-29(22)24(18)31)21-9-6-11-27(21)14-17-7-4-3-5-8-17/h13,16-17,21,26H,3-12,14-15H2,1-2H3/t21-/m1/s1. The molecule has 3 aliphatic rings. The summed E-state index contributed by atoms with van der Waals surface area (Å²) >= 11 is 0. The highest BCUT2D eigenvalue weighted by Crippen LogP contribution is 2.34. The van der Waals surface area contributed by atoms with E-state index in [1.807, 2.05) is 18.7 Å². The van der Waals surface area contributed by atoms with Gasteiger partial charge in [-0.1, -0.05) is 33.1 Å². The van der Waals surface area contributed by atoms with Gasteiger partial charge in [0.05, 0.1) is 24.0 Å². The summed E-state index contributed by atoms with van der Waals surface area (Å²) in [4.78, 5) is 34.9. The first-order chi connectivity index (χ1) is 15.0. The number of carbonyl (C=O) groups is 1. The van der Waals surface area contributed by atoms with Crippen molar-refractivity contribution in [2.45, 2.75) is 77.8 Å². The fourth-order valence-corrected chi connectivity index (χ4v) is 5.83. The second-order valence-corrected chi connectivity index (χ2v) is 10.1. The van der Waals surface area contributed by atoms with Crippen LogP contribution >= 0.6 is 0 Å². The largest absolute Gasteiger partial charge is 0.336 e. The van der Waals surface area contributed by atoms with Crippen LogP contribution in [0.4, 0.5) is 0 Å². The number of nitrogens with one attached hydrogen (secondary N) is 1. The van der Waals surface area contributed by atoms with Crippen LogP contribution in [0.1, 0.15) is 81.8 Å². The zero-order valence-corrected chi connectivity index (χ0v) is 18.9. The van der Waals surface area contributed by atoms with Gasteiger partial charge in [0.1, 0.15) is 0 Å². The van der Waals surface area contributed by atoms with E-state index in [2.05, 4.69) is 16.1 Å². The lowest BCUT2D eigenvalue weighted by Crippen LogP contribution is -2.41. The Morgan fingerprint density at radius 3 is 2.74 bits per heavy atom. The number of hydrogen-bond donors (Lipinski definition) is 1. The molecule has 31 heavy (non-hydrogen) atoms. The molecular formula is C24H35N5O2. The summed E-state index contributed by atoms with van der Waals surface area (Å²) in [6.45, 7) is 7.19. The van der Waals surface area contributed by atoms with Crippen LogP contribution in [0.2, 0.25) is 0 Å². The maximum Gasteiger partial charge on any atom is 0.276 e. The Kier molecular flexibility index (Phi) is 5.63. The van der Waals surface area contributed by atoms with Crippen LogP contribution in [0.3, 0.4) is 0 Å². The molecule has 1 aliphatic carbocycles. The number of rotatable bonds is 4. The smallest absolute Gasteiger partial charge is 0.276 e. The third-order valence-electron chi connectivity index (χ3n) is 7.53. The molecule has 1 atom stereocenters. The Bertz CT molecular complexity index is 1020. The first-order valence-electron chi connectivity index (χ1n) is 12.2. The predicted octanol–water partition coefficient (Wildman–Crippen LogP) is 3.28. The third-order valence-corrected chi connectivity index (χ3v) is 7.53. The molecule has 2 fully saturated rings. The summed E-state index contributed by atoms with van der Waals surface area (Å²) in [5.74, 6) is 0.908. The van der Waals surface area contributed by atoms with Crippen LogP contribution in [0.5, 0.6) is 0 Å². The van der Waals surface area contributed by atoms with Crippen LogP contribution in [-0.4, -0.2) is 49.9 Å². The summed E-state index contributed by atoms with van der Waals surface area (Å²) in [6.07, 6.45) is 9.76. The molecule has 0 aromatic carbocycles. The molecule has 1 saturated carbocycles. The molecule has 1 N–H and O–H groups in total. The van der Waals surface area contributed by atoms with Gasteiger partial charge in [0.15, 0.2) is 5.65 Å². The number of H-pyrrole nitrogens is 1. The van der Waals surface area contributed by atoms with Gasteiger partial charge < -0.3 is 4.90 Å². The monoisotopic (exact) mass is 425 g/mol. The maximum absolute atomic E-state index is 13.2. The molecule has 0 bridgehead atoms. The first-order valence-corrected chi connectivity index (χ1v) is 12.2. The van der Waals surface area contributed by atoms with Crippen LogP contribution in [0.25, 0.3) is 5.65 Å². The van der Waals surface area contributed by atoms with Crippen LogP contribution < -0.4 is 5.56 Å². The van der Waals surface area contributed by atoms with Gasteiger partial charge in [-0.05, 0) is 44.6 Å². The van der Waals surface area contributed by atoms with Gasteiger partial charge >= 0.3 is 0 Å². The van der Waals surface area contributed by atoms with Gasteiger partial charge in [-0.2, -0.15) is 0 Å². The molecule has 2 aliphatic heterocycles. The van der Waals surface area contributed by atoms with E-state index in [9.17, 15) is 9.59 Å². The molecule has 0 unspecified atom stereocenters. The highest BCUT2D eigenvalue weighted by molar-refractivity contribution is 5.78. The number of carbonyl (C=O) groups excluding carboxylic acids is 1. The lowest BCUT2D eigenvalue weighted by Gasteiger charge is -2.30.